The SMILES string of the molecule is CNCCc1ncc(OC)cn1. The molecule has 0 saturated carbocycles. The molecule has 1 aromatic heterocycles. The van der Waals surface area contributed by atoms with E-state index in [1.165, 1.54) is 0 Å². The number of hydrogen-bond donors (Lipinski definition) is 1. The van der Waals surface area contributed by atoms with Gasteiger partial charge in [0.05, 0.1) is 19.5 Å². The van der Waals surface area contributed by atoms with E-state index in [4.69, 9.17) is 4.74 Å². The zero-order valence-corrected chi connectivity index (χ0v) is 7.37. The number of hydrogen-bond acceptors (Lipinski definition) is 4. The highest BCUT2D eigenvalue weighted by Crippen LogP contribution is 2.04. The van der Waals surface area contributed by atoms with Crippen molar-refractivity contribution in [2.45, 2.75) is 6.42 Å². The summed E-state index contributed by atoms with van der Waals surface area (Å²) >= 11 is 0. The van der Waals surface area contributed by atoms with Crippen LogP contribution in [-0.4, -0.2) is 30.7 Å². The molecule has 1 heterocycles. The zero-order valence-electron chi connectivity index (χ0n) is 7.37. The van der Waals surface area contributed by atoms with Crippen LogP contribution in [0.15, 0.2) is 12.4 Å². The summed E-state index contributed by atoms with van der Waals surface area (Å²) in [5, 5.41) is 3.03. The third-order valence-electron chi connectivity index (χ3n) is 1.52. The van der Waals surface area contributed by atoms with Crippen molar-refractivity contribution in [1.29, 1.82) is 0 Å². The van der Waals surface area contributed by atoms with Crippen LogP contribution in [0, 0.1) is 0 Å². The Kier molecular flexibility index (Phi) is 3.47. The molecule has 0 aromatic carbocycles. The minimum absolute atomic E-state index is 0.697. The number of aromatic nitrogens is 2. The molecule has 0 atom stereocenters. The minimum Gasteiger partial charge on any atom is -0.494 e. The number of nitrogens with one attached hydrogen (secondary N) is 1. The molecule has 1 rings (SSSR count). The van der Waals surface area contributed by atoms with Gasteiger partial charge in [-0.15, -0.1) is 0 Å². The molecule has 0 amide bonds. The monoisotopic (exact) mass is 167 g/mol. The Morgan fingerprint density at radius 3 is 2.58 bits per heavy atom. The maximum Gasteiger partial charge on any atom is 0.155 e. The van der Waals surface area contributed by atoms with Crippen LogP contribution in [-0.2, 0) is 6.42 Å². The van der Waals surface area contributed by atoms with Gasteiger partial charge in [-0.25, -0.2) is 9.97 Å². The Bertz CT molecular complexity index is 222. The smallest absolute Gasteiger partial charge is 0.155 e. The summed E-state index contributed by atoms with van der Waals surface area (Å²) < 4.78 is 4.93. The highest BCUT2D eigenvalue weighted by molar-refractivity contribution is 5.11. The van der Waals surface area contributed by atoms with Crippen LogP contribution < -0.4 is 10.1 Å². The molecule has 12 heavy (non-hydrogen) atoms. The Balaban J connectivity index is 2.53. The van der Waals surface area contributed by atoms with Gasteiger partial charge in [-0.3, -0.25) is 0 Å². The lowest BCUT2D eigenvalue weighted by Crippen LogP contribution is -2.12. The van der Waals surface area contributed by atoms with Crippen molar-refractivity contribution < 1.29 is 4.74 Å². The van der Waals surface area contributed by atoms with E-state index < -0.39 is 0 Å². The maximum atomic E-state index is 4.93. The second-order valence-corrected chi connectivity index (χ2v) is 2.39. The van der Waals surface area contributed by atoms with Crippen molar-refractivity contribution >= 4 is 0 Å². The average molecular weight is 167 g/mol. The van der Waals surface area contributed by atoms with Crippen molar-refractivity contribution in [3.05, 3.63) is 18.2 Å². The van der Waals surface area contributed by atoms with Gasteiger partial charge in [0, 0.05) is 13.0 Å². The van der Waals surface area contributed by atoms with E-state index in [0.29, 0.717) is 5.75 Å². The molecule has 0 radical (unpaired) electrons. The molecule has 1 N–H and O–H groups in total. The molecule has 0 fully saturated rings. The van der Waals surface area contributed by atoms with Crippen LogP contribution in [0.1, 0.15) is 5.82 Å². The molecule has 0 aliphatic carbocycles. The number of methoxy groups -OCH3 is 1. The van der Waals surface area contributed by atoms with Gasteiger partial charge in [0.25, 0.3) is 0 Å². The normalized spacial score (nSPS) is 9.83. The number of nitrogens with zero attached hydrogens (tertiary/aromatic N) is 2. The van der Waals surface area contributed by atoms with Crippen LogP contribution in [0.5, 0.6) is 5.75 Å². The second kappa shape index (κ2) is 4.66. The van der Waals surface area contributed by atoms with Crippen molar-refractivity contribution in [3.8, 4) is 5.75 Å². The van der Waals surface area contributed by atoms with Crippen molar-refractivity contribution in [1.82, 2.24) is 15.3 Å². The minimum atomic E-state index is 0.697. The summed E-state index contributed by atoms with van der Waals surface area (Å²) in [5.41, 5.74) is 0. The maximum absolute atomic E-state index is 4.93. The molecule has 0 spiro atoms. The predicted octanol–water partition coefficient (Wildman–Crippen LogP) is 0.247. The summed E-state index contributed by atoms with van der Waals surface area (Å²) in [5.74, 6) is 1.54. The van der Waals surface area contributed by atoms with E-state index in [2.05, 4.69) is 15.3 Å². The second-order valence-electron chi connectivity index (χ2n) is 2.39. The van der Waals surface area contributed by atoms with E-state index in [-0.39, 0.29) is 0 Å². The van der Waals surface area contributed by atoms with E-state index in [1.54, 1.807) is 19.5 Å². The van der Waals surface area contributed by atoms with Crippen molar-refractivity contribution in [2.75, 3.05) is 20.7 Å². The Morgan fingerprint density at radius 2 is 2.08 bits per heavy atom. The van der Waals surface area contributed by atoms with Gasteiger partial charge in [-0.05, 0) is 7.05 Å². The Labute approximate surface area is 72.0 Å². The number of rotatable bonds is 4. The van der Waals surface area contributed by atoms with Crippen LogP contribution in [0.2, 0.25) is 0 Å². The summed E-state index contributed by atoms with van der Waals surface area (Å²) in [6.07, 6.45) is 4.20. The van der Waals surface area contributed by atoms with Crippen LogP contribution in [0.25, 0.3) is 0 Å². The van der Waals surface area contributed by atoms with E-state index in [0.717, 1.165) is 18.8 Å². The third kappa shape index (κ3) is 2.47. The van der Waals surface area contributed by atoms with E-state index >= 15 is 0 Å². The summed E-state index contributed by atoms with van der Waals surface area (Å²) in [7, 11) is 3.51. The van der Waals surface area contributed by atoms with Crippen molar-refractivity contribution in [2.24, 2.45) is 0 Å². The van der Waals surface area contributed by atoms with Gasteiger partial charge >= 0.3 is 0 Å². The average Bonchev–Trinajstić information content (AvgIpc) is 2.15. The fourth-order valence-corrected chi connectivity index (χ4v) is 0.814. The fourth-order valence-electron chi connectivity index (χ4n) is 0.814. The van der Waals surface area contributed by atoms with Gasteiger partial charge < -0.3 is 10.1 Å². The highest BCUT2D eigenvalue weighted by atomic mass is 16.5. The number of likely N-dealkylation sites (N-methyl/N-ethyl adjacent to an activating group) is 1. The molecule has 4 heteroatoms. The summed E-state index contributed by atoms with van der Waals surface area (Å²) in [6, 6.07) is 0. The van der Waals surface area contributed by atoms with Crippen molar-refractivity contribution in [3.63, 3.8) is 0 Å². The lowest BCUT2D eigenvalue weighted by Gasteiger charge is -2.00. The first-order valence-electron chi connectivity index (χ1n) is 3.86. The Morgan fingerprint density at radius 1 is 1.42 bits per heavy atom. The molecule has 0 bridgehead atoms. The fraction of sp³-hybridized carbons (Fsp3) is 0.500. The molecule has 66 valence electrons. The molecule has 0 aliphatic heterocycles. The Hall–Kier alpha value is -1.16. The standard InChI is InChI=1S/C8H13N3O/c1-9-4-3-8-10-5-7(12-2)6-11-8/h5-6,9H,3-4H2,1-2H3. The molecule has 0 saturated heterocycles. The van der Waals surface area contributed by atoms with Gasteiger partial charge in [0.2, 0.25) is 0 Å². The van der Waals surface area contributed by atoms with E-state index in [9.17, 15) is 0 Å². The molecular formula is C8H13N3O. The van der Waals surface area contributed by atoms with Gasteiger partial charge in [-0.2, -0.15) is 0 Å². The molecule has 0 unspecified atom stereocenters. The van der Waals surface area contributed by atoms with Crippen LogP contribution in [0.4, 0.5) is 0 Å². The topological polar surface area (TPSA) is 47.0 Å². The molecule has 4 nitrogen and oxygen atoms in total. The lowest BCUT2D eigenvalue weighted by atomic mass is 10.4. The quantitative estimate of drug-likeness (QED) is 0.698. The number of ether oxygens (including phenoxy) is 1. The highest BCUT2D eigenvalue weighted by Gasteiger charge is 1.95. The van der Waals surface area contributed by atoms with Crippen LogP contribution >= 0.6 is 0 Å². The first kappa shape index (κ1) is 8.93. The summed E-state index contributed by atoms with van der Waals surface area (Å²) in [6.45, 7) is 0.895. The molecule has 1 aromatic rings. The summed E-state index contributed by atoms with van der Waals surface area (Å²) in [4.78, 5) is 8.22. The first-order chi connectivity index (χ1) is 5.86. The molecule has 0 aliphatic rings. The van der Waals surface area contributed by atoms with Crippen LogP contribution in [0.3, 0.4) is 0 Å². The lowest BCUT2D eigenvalue weighted by molar-refractivity contribution is 0.410. The van der Waals surface area contributed by atoms with Gasteiger partial charge in [-0.1, -0.05) is 0 Å². The predicted molar refractivity (Wildman–Crippen MR) is 46.2 cm³/mol. The third-order valence-corrected chi connectivity index (χ3v) is 1.52. The van der Waals surface area contributed by atoms with Gasteiger partial charge in [0.1, 0.15) is 5.82 Å². The first-order valence-corrected chi connectivity index (χ1v) is 3.86. The van der Waals surface area contributed by atoms with Gasteiger partial charge in [0.15, 0.2) is 5.75 Å². The molecular weight excluding hydrogens is 154 g/mol. The zero-order chi connectivity index (χ0) is 8.81. The largest absolute Gasteiger partial charge is 0.494 e. The van der Waals surface area contributed by atoms with E-state index in [1.807, 2.05) is 7.05 Å².